The molecule has 0 spiro atoms. The minimum Gasteiger partial charge on any atom is -0.480 e. The molecule has 0 aliphatic rings. The largest absolute Gasteiger partial charge is 0.480 e. The summed E-state index contributed by atoms with van der Waals surface area (Å²) in [5, 5.41) is 11.9. The predicted molar refractivity (Wildman–Crippen MR) is 122 cm³/mol. The van der Waals surface area contributed by atoms with E-state index >= 15 is 0 Å². The monoisotopic (exact) mass is 409 g/mol. The average molecular weight is 410 g/mol. The fourth-order valence-corrected chi connectivity index (χ4v) is 3.28. The Kier molecular flexibility index (Phi) is 12.9. The maximum Gasteiger partial charge on any atom is 0.327 e. The first-order chi connectivity index (χ1) is 12.9. The number of hydrogen-bond donors (Lipinski definition) is 2. The molecule has 28 heavy (non-hydrogen) atoms. The van der Waals surface area contributed by atoms with Gasteiger partial charge in [-0.05, 0) is 53.4 Å². The SMILES string of the molecule is CC(C)=CCC/C(C)=C/CC/C(C)=C/CSC[C@H](NC(=O)C(C)(C)C)C(=O)O. The summed E-state index contributed by atoms with van der Waals surface area (Å²) in [6, 6.07) is -0.850. The molecule has 0 radical (unpaired) electrons. The van der Waals surface area contributed by atoms with Gasteiger partial charge in [-0.3, -0.25) is 4.79 Å². The molecule has 0 saturated heterocycles. The molecular weight excluding hydrogens is 370 g/mol. The molecule has 0 aromatic carbocycles. The first-order valence-electron chi connectivity index (χ1n) is 9.99. The summed E-state index contributed by atoms with van der Waals surface area (Å²) in [6.07, 6.45) is 11.0. The van der Waals surface area contributed by atoms with Gasteiger partial charge in [-0.25, -0.2) is 4.79 Å². The summed E-state index contributed by atoms with van der Waals surface area (Å²) in [5.41, 5.74) is 3.52. The van der Waals surface area contributed by atoms with Crippen molar-refractivity contribution in [2.45, 2.75) is 80.2 Å². The van der Waals surface area contributed by atoms with E-state index in [4.69, 9.17) is 0 Å². The zero-order valence-corrected chi connectivity index (χ0v) is 19.5. The number of nitrogens with one attached hydrogen (secondary N) is 1. The molecule has 0 fully saturated rings. The second kappa shape index (κ2) is 13.6. The minimum atomic E-state index is -0.987. The molecule has 4 nitrogen and oxygen atoms in total. The Morgan fingerprint density at radius 1 is 0.964 bits per heavy atom. The number of allylic oxidation sites excluding steroid dienone is 5. The molecule has 1 atom stereocenters. The number of hydrogen-bond acceptors (Lipinski definition) is 3. The molecule has 2 N–H and O–H groups in total. The van der Waals surface area contributed by atoms with E-state index in [0.717, 1.165) is 31.4 Å². The van der Waals surface area contributed by atoms with Gasteiger partial charge in [0.05, 0.1) is 0 Å². The number of thioether (sulfide) groups is 1. The maximum absolute atomic E-state index is 12.0. The highest BCUT2D eigenvalue weighted by molar-refractivity contribution is 7.99. The van der Waals surface area contributed by atoms with Gasteiger partial charge in [0.2, 0.25) is 5.91 Å². The quantitative estimate of drug-likeness (QED) is 0.318. The van der Waals surface area contributed by atoms with Crippen molar-refractivity contribution in [3.63, 3.8) is 0 Å². The first-order valence-corrected chi connectivity index (χ1v) is 11.1. The van der Waals surface area contributed by atoms with E-state index < -0.39 is 17.4 Å². The third-order valence-electron chi connectivity index (χ3n) is 4.24. The van der Waals surface area contributed by atoms with Gasteiger partial charge in [0.25, 0.3) is 0 Å². The van der Waals surface area contributed by atoms with Crippen LogP contribution in [0.2, 0.25) is 0 Å². The standard InChI is InChI=1S/C23H39NO3S/c1-17(2)10-8-11-18(3)12-9-13-19(4)14-15-28-16-20(21(25)26)24-22(27)23(5,6)7/h10,12,14,20H,8-9,11,13,15-16H2,1-7H3,(H,24,27)(H,25,26)/b18-12+,19-14+/t20-/m0/s1. The lowest BCUT2D eigenvalue weighted by molar-refractivity contribution is -0.142. The van der Waals surface area contributed by atoms with Gasteiger partial charge in [0.1, 0.15) is 6.04 Å². The Hall–Kier alpha value is -1.49. The van der Waals surface area contributed by atoms with Crippen LogP contribution in [0, 0.1) is 5.41 Å². The van der Waals surface area contributed by atoms with Crippen LogP contribution < -0.4 is 5.32 Å². The summed E-state index contributed by atoms with van der Waals surface area (Å²) in [7, 11) is 0. The van der Waals surface area contributed by atoms with Crippen LogP contribution in [0.4, 0.5) is 0 Å². The maximum atomic E-state index is 12.0. The van der Waals surface area contributed by atoms with Gasteiger partial charge in [-0.15, -0.1) is 0 Å². The Bertz CT molecular complexity index is 593. The van der Waals surface area contributed by atoms with Gasteiger partial charge in [0.15, 0.2) is 0 Å². The van der Waals surface area contributed by atoms with Crippen LogP contribution >= 0.6 is 11.8 Å². The molecule has 0 rings (SSSR count). The number of carboxylic acids is 1. The lowest BCUT2D eigenvalue weighted by Crippen LogP contribution is -2.47. The van der Waals surface area contributed by atoms with Gasteiger partial charge in [-0.1, -0.05) is 55.7 Å². The third-order valence-corrected chi connectivity index (χ3v) is 5.21. The molecule has 5 heteroatoms. The molecule has 0 aromatic rings. The lowest BCUT2D eigenvalue weighted by atomic mass is 9.95. The van der Waals surface area contributed by atoms with Crippen LogP contribution in [0.5, 0.6) is 0 Å². The predicted octanol–water partition coefficient (Wildman–Crippen LogP) is 5.75. The third kappa shape index (κ3) is 13.6. The van der Waals surface area contributed by atoms with Crippen molar-refractivity contribution in [2.24, 2.45) is 5.41 Å². The topological polar surface area (TPSA) is 66.4 Å². The van der Waals surface area contributed by atoms with Crippen LogP contribution in [0.1, 0.15) is 74.1 Å². The summed E-state index contributed by atoms with van der Waals surface area (Å²) in [4.78, 5) is 23.3. The number of rotatable bonds is 12. The number of carboxylic acid groups (broad SMARTS) is 1. The molecule has 0 heterocycles. The molecule has 0 aliphatic heterocycles. The van der Waals surface area contributed by atoms with E-state index in [1.807, 2.05) is 0 Å². The minimum absolute atomic E-state index is 0.237. The van der Waals surface area contributed by atoms with Crippen LogP contribution in [0.25, 0.3) is 0 Å². The van der Waals surface area contributed by atoms with E-state index in [-0.39, 0.29) is 5.91 Å². The van der Waals surface area contributed by atoms with E-state index in [9.17, 15) is 14.7 Å². The zero-order chi connectivity index (χ0) is 21.7. The van der Waals surface area contributed by atoms with Crippen LogP contribution in [-0.2, 0) is 9.59 Å². The van der Waals surface area contributed by atoms with Gasteiger partial charge >= 0.3 is 5.97 Å². The summed E-state index contributed by atoms with van der Waals surface area (Å²) in [5.74, 6) is -0.104. The van der Waals surface area contributed by atoms with E-state index in [1.54, 1.807) is 20.8 Å². The molecule has 0 aliphatic carbocycles. The van der Waals surface area contributed by atoms with Crippen molar-refractivity contribution in [1.29, 1.82) is 0 Å². The Labute approximate surface area is 175 Å². The molecule has 160 valence electrons. The number of amides is 1. The van der Waals surface area contributed by atoms with E-state index in [2.05, 4.69) is 51.2 Å². The second-order valence-electron chi connectivity index (χ2n) is 8.61. The van der Waals surface area contributed by atoms with Crippen LogP contribution in [0.3, 0.4) is 0 Å². The number of carbonyl (C=O) groups excluding carboxylic acids is 1. The molecule has 0 bridgehead atoms. The van der Waals surface area contributed by atoms with Crippen LogP contribution in [-0.4, -0.2) is 34.5 Å². The molecule has 0 aromatic heterocycles. The smallest absolute Gasteiger partial charge is 0.327 e. The molecule has 0 saturated carbocycles. The highest BCUT2D eigenvalue weighted by atomic mass is 32.2. The van der Waals surface area contributed by atoms with Crippen molar-refractivity contribution >= 4 is 23.6 Å². The normalized spacial score (nSPS) is 13.8. The van der Waals surface area contributed by atoms with Gasteiger partial charge < -0.3 is 10.4 Å². The Balaban J connectivity index is 4.26. The van der Waals surface area contributed by atoms with Crippen molar-refractivity contribution in [2.75, 3.05) is 11.5 Å². The summed E-state index contributed by atoms with van der Waals surface area (Å²) < 4.78 is 0. The fourth-order valence-electron chi connectivity index (χ4n) is 2.28. The number of carbonyl (C=O) groups is 2. The molecule has 1 amide bonds. The van der Waals surface area contributed by atoms with E-state index in [0.29, 0.717) is 5.75 Å². The summed E-state index contributed by atoms with van der Waals surface area (Å²) in [6.45, 7) is 13.9. The number of aliphatic carboxylic acids is 1. The highest BCUT2D eigenvalue weighted by Crippen LogP contribution is 2.15. The molecule has 0 unspecified atom stereocenters. The average Bonchev–Trinajstić information content (AvgIpc) is 2.55. The van der Waals surface area contributed by atoms with Crippen LogP contribution in [0.15, 0.2) is 34.9 Å². The molecular formula is C23H39NO3S. The lowest BCUT2D eigenvalue weighted by Gasteiger charge is -2.21. The highest BCUT2D eigenvalue weighted by Gasteiger charge is 2.27. The van der Waals surface area contributed by atoms with Crippen molar-refractivity contribution in [3.05, 3.63) is 34.9 Å². The van der Waals surface area contributed by atoms with Gasteiger partial charge in [-0.2, -0.15) is 11.8 Å². The first kappa shape index (κ1) is 26.5. The zero-order valence-electron chi connectivity index (χ0n) is 18.7. The van der Waals surface area contributed by atoms with Crippen molar-refractivity contribution in [1.82, 2.24) is 5.32 Å². The Morgan fingerprint density at radius 3 is 2.00 bits per heavy atom. The summed E-state index contributed by atoms with van der Waals surface area (Å²) >= 11 is 1.53. The fraction of sp³-hybridized carbons (Fsp3) is 0.652. The van der Waals surface area contributed by atoms with Crippen molar-refractivity contribution < 1.29 is 14.7 Å². The van der Waals surface area contributed by atoms with Gasteiger partial charge in [0, 0.05) is 16.9 Å². The Morgan fingerprint density at radius 2 is 1.50 bits per heavy atom. The second-order valence-corrected chi connectivity index (χ2v) is 9.69. The van der Waals surface area contributed by atoms with Crippen molar-refractivity contribution in [3.8, 4) is 0 Å². The van der Waals surface area contributed by atoms with E-state index in [1.165, 1.54) is 28.5 Å².